The van der Waals surface area contributed by atoms with Crippen LogP contribution in [0.2, 0.25) is 0 Å². The highest BCUT2D eigenvalue weighted by molar-refractivity contribution is 5.41. The lowest BCUT2D eigenvalue weighted by Gasteiger charge is -2.42. The maximum Gasteiger partial charge on any atom is 0.123 e. The molecule has 2 aliphatic heterocycles. The molecule has 0 aromatic heterocycles. The number of hydrogen-bond acceptors (Lipinski definition) is 3. The summed E-state index contributed by atoms with van der Waals surface area (Å²) in [5.74, 6) is 0.362. The van der Waals surface area contributed by atoms with E-state index in [1.165, 1.54) is 23.8 Å². The molecule has 0 bridgehead atoms. The molecule has 0 aliphatic carbocycles. The molecular weight excluding hydrogens is 329 g/mol. The average molecular weight is 357 g/mol. The van der Waals surface area contributed by atoms with Gasteiger partial charge in [0.25, 0.3) is 0 Å². The highest BCUT2D eigenvalue weighted by Crippen LogP contribution is 2.42. The van der Waals surface area contributed by atoms with Gasteiger partial charge in [-0.25, -0.2) is 4.39 Å². The van der Waals surface area contributed by atoms with Crippen LogP contribution in [0.15, 0.2) is 53.8 Å². The smallest absolute Gasteiger partial charge is 0.123 e. The van der Waals surface area contributed by atoms with E-state index < -0.39 is 0 Å². The molecule has 0 saturated carbocycles. The van der Waals surface area contributed by atoms with Gasteiger partial charge in [-0.15, -0.1) is 0 Å². The van der Waals surface area contributed by atoms with Crippen LogP contribution in [0.4, 0.5) is 4.39 Å². The Balaban J connectivity index is 1.97. The lowest BCUT2D eigenvalue weighted by atomic mass is 9.78. The molecular formula is C22H28FNO2. The fourth-order valence-corrected chi connectivity index (χ4v) is 3.89. The zero-order chi connectivity index (χ0) is 18.7. The predicted octanol–water partition coefficient (Wildman–Crippen LogP) is 5.01. The molecule has 4 heteroatoms. The van der Waals surface area contributed by atoms with Gasteiger partial charge in [0, 0.05) is 24.3 Å². The predicted molar refractivity (Wildman–Crippen MR) is 102 cm³/mol. The summed E-state index contributed by atoms with van der Waals surface area (Å²) in [6.07, 6.45) is 10.2. The summed E-state index contributed by atoms with van der Waals surface area (Å²) in [6.45, 7) is 7.10. The minimum atomic E-state index is -0.335. The van der Waals surface area contributed by atoms with Crippen molar-refractivity contribution in [2.75, 3.05) is 6.61 Å². The quantitative estimate of drug-likeness (QED) is 0.744. The van der Waals surface area contributed by atoms with Crippen LogP contribution in [0.5, 0.6) is 5.75 Å². The fraction of sp³-hybridized carbons (Fsp3) is 0.455. The Labute approximate surface area is 155 Å². The van der Waals surface area contributed by atoms with Gasteiger partial charge < -0.3 is 15.2 Å². The zero-order valence-electron chi connectivity index (χ0n) is 15.7. The topological polar surface area (TPSA) is 41.5 Å². The summed E-state index contributed by atoms with van der Waals surface area (Å²) >= 11 is 0. The van der Waals surface area contributed by atoms with Crippen molar-refractivity contribution in [3.05, 3.63) is 65.2 Å². The van der Waals surface area contributed by atoms with E-state index in [1.807, 2.05) is 13.1 Å². The molecule has 3 nitrogen and oxygen atoms in total. The third-order valence-electron chi connectivity index (χ3n) is 5.24. The summed E-state index contributed by atoms with van der Waals surface area (Å²) in [5, 5.41) is 13.6. The van der Waals surface area contributed by atoms with Crippen LogP contribution >= 0.6 is 0 Å². The summed E-state index contributed by atoms with van der Waals surface area (Å²) < 4.78 is 19.9. The monoisotopic (exact) mass is 357 g/mol. The van der Waals surface area contributed by atoms with Crippen molar-refractivity contribution in [1.82, 2.24) is 5.32 Å². The van der Waals surface area contributed by atoms with Crippen molar-refractivity contribution in [2.24, 2.45) is 11.8 Å². The zero-order valence-corrected chi connectivity index (χ0v) is 15.7. The van der Waals surface area contributed by atoms with E-state index in [0.717, 1.165) is 25.0 Å². The molecule has 2 aliphatic rings. The highest BCUT2D eigenvalue weighted by Gasteiger charge is 2.39. The number of rotatable bonds is 4. The SMILES string of the molecule is C/C=C\C(=C/C1=CN[C@@H](c2cc(F)ccc2O)[C@@H]2CCCOC12)C(C)C. The number of hydrogen-bond donors (Lipinski definition) is 2. The molecule has 1 fully saturated rings. The van der Waals surface area contributed by atoms with Gasteiger partial charge in [-0.3, -0.25) is 0 Å². The lowest BCUT2D eigenvalue weighted by molar-refractivity contribution is -0.0197. The van der Waals surface area contributed by atoms with Gasteiger partial charge in [-0.1, -0.05) is 32.1 Å². The fourth-order valence-electron chi connectivity index (χ4n) is 3.89. The third-order valence-corrected chi connectivity index (χ3v) is 5.24. The van der Waals surface area contributed by atoms with Gasteiger partial charge in [0.15, 0.2) is 0 Å². The van der Waals surface area contributed by atoms with Crippen molar-refractivity contribution in [3.8, 4) is 5.75 Å². The number of phenols is 1. The van der Waals surface area contributed by atoms with E-state index in [9.17, 15) is 9.50 Å². The van der Waals surface area contributed by atoms with E-state index in [0.29, 0.717) is 11.5 Å². The third kappa shape index (κ3) is 3.85. The van der Waals surface area contributed by atoms with Crippen LogP contribution in [0.3, 0.4) is 0 Å². The minimum Gasteiger partial charge on any atom is -0.508 e. The molecule has 3 atom stereocenters. The van der Waals surface area contributed by atoms with Crippen LogP contribution in [-0.2, 0) is 4.74 Å². The number of aromatic hydroxyl groups is 1. The van der Waals surface area contributed by atoms with Crippen molar-refractivity contribution in [2.45, 2.75) is 45.8 Å². The average Bonchev–Trinajstić information content (AvgIpc) is 2.63. The number of ether oxygens (including phenoxy) is 1. The number of halogens is 1. The first kappa shape index (κ1) is 18.7. The van der Waals surface area contributed by atoms with Crippen molar-refractivity contribution in [3.63, 3.8) is 0 Å². The maximum absolute atomic E-state index is 13.7. The van der Waals surface area contributed by atoms with E-state index in [1.54, 1.807) is 0 Å². The highest BCUT2D eigenvalue weighted by atomic mass is 19.1. The minimum absolute atomic E-state index is 0.0447. The van der Waals surface area contributed by atoms with E-state index in [2.05, 4.69) is 37.4 Å². The van der Waals surface area contributed by atoms with Gasteiger partial charge in [-0.2, -0.15) is 0 Å². The van der Waals surface area contributed by atoms with Crippen LogP contribution in [0, 0.1) is 17.7 Å². The molecule has 2 heterocycles. The Morgan fingerprint density at radius 1 is 1.38 bits per heavy atom. The number of fused-ring (bicyclic) bond motifs is 1. The Bertz CT molecular complexity index is 736. The second-order valence-corrected chi connectivity index (χ2v) is 7.39. The Hall–Kier alpha value is -2.07. The Morgan fingerprint density at radius 3 is 2.92 bits per heavy atom. The van der Waals surface area contributed by atoms with Crippen molar-refractivity contribution >= 4 is 0 Å². The first-order chi connectivity index (χ1) is 12.5. The van der Waals surface area contributed by atoms with Crippen molar-refractivity contribution < 1.29 is 14.2 Å². The first-order valence-corrected chi connectivity index (χ1v) is 9.41. The van der Waals surface area contributed by atoms with Crippen molar-refractivity contribution in [1.29, 1.82) is 0 Å². The lowest BCUT2D eigenvalue weighted by Crippen LogP contribution is -2.43. The van der Waals surface area contributed by atoms with Gasteiger partial charge in [0.1, 0.15) is 11.6 Å². The van der Waals surface area contributed by atoms with Crippen LogP contribution in [0.25, 0.3) is 0 Å². The molecule has 0 amide bonds. The standard InChI is InChI=1S/C22H28FNO2/c1-4-6-15(14(2)3)11-16-13-24-21(18-7-5-10-26-22(16)18)19-12-17(23)8-9-20(19)25/h4,6,8-9,11-14,18,21-22,24-25H,5,7,10H2,1-3H3/b6-4-,15-11+/t18-,21+,22?/m0/s1. The summed E-state index contributed by atoms with van der Waals surface area (Å²) in [7, 11) is 0. The van der Waals surface area contributed by atoms with Gasteiger partial charge in [0.05, 0.1) is 12.1 Å². The molecule has 1 aromatic carbocycles. The largest absolute Gasteiger partial charge is 0.508 e. The normalized spacial score (nSPS) is 26.6. The first-order valence-electron chi connectivity index (χ1n) is 9.41. The van der Waals surface area contributed by atoms with Crippen LogP contribution in [-0.4, -0.2) is 17.8 Å². The van der Waals surface area contributed by atoms with Crippen LogP contribution < -0.4 is 5.32 Å². The molecule has 2 N–H and O–H groups in total. The second-order valence-electron chi connectivity index (χ2n) is 7.39. The van der Waals surface area contributed by atoms with E-state index in [4.69, 9.17) is 4.74 Å². The molecule has 1 aromatic rings. The summed E-state index contributed by atoms with van der Waals surface area (Å²) in [6, 6.07) is 3.98. The number of allylic oxidation sites excluding steroid dienone is 3. The van der Waals surface area contributed by atoms with Gasteiger partial charge in [-0.05, 0) is 55.0 Å². The van der Waals surface area contributed by atoms with Gasteiger partial charge in [0.2, 0.25) is 0 Å². The Morgan fingerprint density at radius 2 is 2.19 bits per heavy atom. The van der Waals surface area contributed by atoms with Crippen LogP contribution in [0.1, 0.15) is 45.2 Å². The number of phenolic OH excluding ortho intramolecular Hbond substituents is 1. The maximum atomic E-state index is 13.7. The number of benzene rings is 1. The summed E-state index contributed by atoms with van der Waals surface area (Å²) in [4.78, 5) is 0. The van der Waals surface area contributed by atoms with E-state index >= 15 is 0 Å². The molecule has 0 radical (unpaired) electrons. The molecule has 26 heavy (non-hydrogen) atoms. The Kier molecular flexibility index (Phi) is 5.82. The number of nitrogens with one attached hydrogen (secondary N) is 1. The molecule has 140 valence electrons. The van der Waals surface area contributed by atoms with Gasteiger partial charge >= 0.3 is 0 Å². The molecule has 0 spiro atoms. The molecule has 1 saturated heterocycles. The summed E-state index contributed by atoms with van der Waals surface area (Å²) in [5.41, 5.74) is 2.96. The molecule has 3 rings (SSSR count). The molecule has 1 unspecified atom stereocenters. The van der Waals surface area contributed by atoms with E-state index in [-0.39, 0.29) is 29.6 Å². The second kappa shape index (κ2) is 8.09.